The molecule has 0 aliphatic rings. The summed E-state index contributed by atoms with van der Waals surface area (Å²) >= 11 is 0. The van der Waals surface area contributed by atoms with E-state index in [2.05, 4.69) is 42.2 Å². The van der Waals surface area contributed by atoms with Crippen LogP contribution in [0.5, 0.6) is 0 Å². The van der Waals surface area contributed by atoms with Crippen LogP contribution in [0.4, 0.5) is 0 Å². The Balaban J connectivity index is 0.000000195. The fourth-order valence-electron chi connectivity index (χ4n) is 3.03. The summed E-state index contributed by atoms with van der Waals surface area (Å²) in [6, 6.07) is 29.9. The Morgan fingerprint density at radius 1 is 0.474 bits per heavy atom. The minimum absolute atomic E-state index is 0. The number of hydrogen-bond acceptors (Lipinski definition) is 6. The Labute approximate surface area is 249 Å². The average Bonchev–Trinajstić information content (AvgIpc) is 3.01. The molecule has 0 aliphatic heterocycles. The number of pyridine rings is 6. The first-order valence-electron chi connectivity index (χ1n) is 11.2. The quantitative estimate of drug-likeness (QED) is 0.203. The molecule has 0 atom stereocenters. The van der Waals surface area contributed by atoms with E-state index < -0.39 is 0 Å². The van der Waals surface area contributed by atoms with Gasteiger partial charge in [-0.15, -0.1) is 35.4 Å². The van der Waals surface area contributed by atoms with E-state index >= 15 is 0 Å². The molecule has 6 rings (SSSR count). The van der Waals surface area contributed by atoms with Crippen molar-refractivity contribution in [1.82, 2.24) is 29.9 Å². The molecular weight excluding hydrogens is 829 g/mol. The van der Waals surface area contributed by atoms with Gasteiger partial charge in [0.05, 0.1) is 5.69 Å². The molecule has 6 nitrogen and oxygen atoms in total. The van der Waals surface area contributed by atoms with Crippen LogP contribution < -0.4 is 0 Å². The molecule has 2 radical (unpaired) electrons. The zero-order valence-electron chi connectivity index (χ0n) is 20.1. The van der Waals surface area contributed by atoms with Crippen LogP contribution in [-0.4, -0.2) is 29.9 Å². The van der Waals surface area contributed by atoms with E-state index in [4.69, 9.17) is 0 Å². The maximum Gasteiger partial charge on any atom is 0.0717 e. The molecule has 0 aliphatic carbocycles. The Morgan fingerprint density at radius 2 is 1.08 bits per heavy atom. The smallest absolute Gasteiger partial charge is 0.0717 e. The van der Waals surface area contributed by atoms with Crippen LogP contribution in [0.3, 0.4) is 0 Å². The van der Waals surface area contributed by atoms with Crippen LogP contribution in [0.25, 0.3) is 33.8 Å². The third-order valence-corrected chi connectivity index (χ3v) is 4.72. The van der Waals surface area contributed by atoms with Gasteiger partial charge in [0.15, 0.2) is 0 Å². The van der Waals surface area contributed by atoms with Crippen molar-refractivity contribution >= 4 is 0 Å². The predicted octanol–water partition coefficient (Wildman–Crippen LogP) is 6.03. The van der Waals surface area contributed by atoms with Crippen LogP contribution in [0.1, 0.15) is 0 Å². The fraction of sp³-hybridized carbons (Fsp3) is 0. The van der Waals surface area contributed by atoms with Crippen molar-refractivity contribution in [3.63, 3.8) is 0 Å². The molecule has 0 fully saturated rings. The van der Waals surface area contributed by atoms with Crippen LogP contribution in [-0.2, 0) is 40.2 Å². The fourth-order valence-corrected chi connectivity index (χ4v) is 3.03. The molecule has 192 valence electrons. The molecule has 0 aromatic carbocycles. The van der Waals surface area contributed by atoms with Crippen molar-refractivity contribution in [3.05, 3.63) is 147 Å². The van der Waals surface area contributed by atoms with Crippen LogP contribution in [0, 0.1) is 12.3 Å². The molecule has 8 heteroatoms. The molecular formula is C30H22Ir2N6-2. The Bertz CT molecular complexity index is 1110. The van der Waals surface area contributed by atoms with Crippen molar-refractivity contribution < 1.29 is 40.2 Å². The summed E-state index contributed by atoms with van der Waals surface area (Å²) in [4.78, 5) is 24.5. The SMILES string of the molecule is [Ir].[Ir].[c-]1ccncc1-c1ccccn1.[c-]1ncccc1-c1ccccn1.c1ccc(-c2cccnc2)nc1. The summed E-state index contributed by atoms with van der Waals surface area (Å²) in [6.07, 6.45) is 16.9. The van der Waals surface area contributed by atoms with Gasteiger partial charge in [0.1, 0.15) is 0 Å². The van der Waals surface area contributed by atoms with Crippen LogP contribution in [0.15, 0.2) is 135 Å². The number of hydrogen-bond donors (Lipinski definition) is 0. The predicted molar refractivity (Wildman–Crippen MR) is 140 cm³/mol. The first-order valence-corrected chi connectivity index (χ1v) is 11.2. The first-order chi connectivity index (χ1) is 17.9. The van der Waals surface area contributed by atoms with Crippen molar-refractivity contribution in [3.8, 4) is 33.8 Å². The monoisotopic (exact) mass is 852 g/mol. The van der Waals surface area contributed by atoms with Gasteiger partial charge < -0.3 is 19.9 Å². The second kappa shape index (κ2) is 17.6. The van der Waals surface area contributed by atoms with Gasteiger partial charge in [0.25, 0.3) is 0 Å². The van der Waals surface area contributed by atoms with Gasteiger partial charge in [0, 0.05) is 76.8 Å². The normalized spacial score (nSPS) is 9.16. The molecule has 0 N–H and O–H groups in total. The Kier molecular flexibility index (Phi) is 14.1. The zero-order valence-corrected chi connectivity index (χ0v) is 24.8. The number of nitrogens with zero attached hydrogens (tertiary/aromatic N) is 6. The van der Waals surface area contributed by atoms with Gasteiger partial charge in [0.2, 0.25) is 0 Å². The topological polar surface area (TPSA) is 77.3 Å². The average molecular weight is 851 g/mol. The summed E-state index contributed by atoms with van der Waals surface area (Å²) in [6.45, 7) is 0. The summed E-state index contributed by atoms with van der Waals surface area (Å²) in [7, 11) is 0. The van der Waals surface area contributed by atoms with Gasteiger partial charge in [-0.1, -0.05) is 48.9 Å². The van der Waals surface area contributed by atoms with Gasteiger partial charge in [-0.3, -0.25) is 9.97 Å². The third-order valence-electron chi connectivity index (χ3n) is 4.72. The molecule has 0 amide bonds. The second-order valence-electron chi connectivity index (χ2n) is 7.20. The van der Waals surface area contributed by atoms with E-state index in [1.165, 1.54) is 0 Å². The molecule has 0 spiro atoms. The summed E-state index contributed by atoms with van der Waals surface area (Å²) < 4.78 is 0. The summed E-state index contributed by atoms with van der Waals surface area (Å²) in [5.74, 6) is 0. The Morgan fingerprint density at radius 3 is 1.58 bits per heavy atom. The van der Waals surface area contributed by atoms with Gasteiger partial charge in [-0.05, 0) is 54.0 Å². The first kappa shape index (κ1) is 30.4. The molecule has 0 saturated heterocycles. The second-order valence-corrected chi connectivity index (χ2v) is 7.20. The van der Waals surface area contributed by atoms with E-state index in [-0.39, 0.29) is 40.2 Å². The van der Waals surface area contributed by atoms with E-state index in [1.807, 2.05) is 85.1 Å². The third kappa shape index (κ3) is 9.92. The van der Waals surface area contributed by atoms with E-state index in [9.17, 15) is 0 Å². The minimum Gasteiger partial charge on any atom is -0.360 e. The maximum absolute atomic E-state index is 4.21. The van der Waals surface area contributed by atoms with Gasteiger partial charge in [-0.2, -0.15) is 0 Å². The number of rotatable bonds is 3. The molecule has 38 heavy (non-hydrogen) atoms. The molecule has 0 saturated carbocycles. The maximum atomic E-state index is 4.21. The van der Waals surface area contributed by atoms with E-state index in [0.29, 0.717) is 0 Å². The van der Waals surface area contributed by atoms with Crippen LogP contribution >= 0.6 is 0 Å². The largest absolute Gasteiger partial charge is 0.360 e. The van der Waals surface area contributed by atoms with Crippen LogP contribution in [0.2, 0.25) is 0 Å². The Hall–Kier alpha value is -3.80. The van der Waals surface area contributed by atoms with Crippen molar-refractivity contribution in [1.29, 1.82) is 0 Å². The van der Waals surface area contributed by atoms with E-state index in [0.717, 1.165) is 33.8 Å². The van der Waals surface area contributed by atoms with Crippen molar-refractivity contribution in [2.45, 2.75) is 0 Å². The van der Waals surface area contributed by atoms with Gasteiger partial charge in [-0.25, -0.2) is 0 Å². The molecule has 0 unspecified atom stereocenters. The molecule has 6 aromatic heterocycles. The molecule has 6 aromatic rings. The van der Waals surface area contributed by atoms with Gasteiger partial charge >= 0.3 is 0 Å². The summed E-state index contributed by atoms with van der Waals surface area (Å²) in [5, 5.41) is 0. The number of aromatic nitrogens is 6. The molecule has 6 heterocycles. The van der Waals surface area contributed by atoms with Crippen molar-refractivity contribution in [2.75, 3.05) is 0 Å². The standard InChI is InChI=1S/C10H8N2.2C10H7N2.2Ir/c3*1-2-7-12-10(5-1)9-4-3-6-11-8-9;;/h1-8H;1-3,5-8H;1-7H;;/q;2*-1;;. The minimum atomic E-state index is 0. The van der Waals surface area contributed by atoms with E-state index in [1.54, 1.807) is 49.4 Å². The molecule has 0 bridgehead atoms. The zero-order chi connectivity index (χ0) is 24.7. The van der Waals surface area contributed by atoms with Crippen molar-refractivity contribution in [2.24, 2.45) is 0 Å². The summed E-state index contributed by atoms with van der Waals surface area (Å²) in [5.41, 5.74) is 5.69.